The summed E-state index contributed by atoms with van der Waals surface area (Å²) in [5, 5.41) is 0. The van der Waals surface area contributed by atoms with Crippen LogP contribution in [0, 0.1) is 0 Å². The van der Waals surface area contributed by atoms with Gasteiger partial charge in [0, 0.05) is 17.7 Å². The van der Waals surface area contributed by atoms with E-state index in [0.29, 0.717) is 0 Å². The molecule has 2 atom stereocenters. The van der Waals surface area contributed by atoms with E-state index >= 15 is 0 Å². The second-order valence-corrected chi connectivity index (χ2v) is 13.1. The van der Waals surface area contributed by atoms with Crippen molar-refractivity contribution < 1.29 is 0 Å². The van der Waals surface area contributed by atoms with Gasteiger partial charge in [0.2, 0.25) is 0 Å². The van der Waals surface area contributed by atoms with Crippen LogP contribution in [0.3, 0.4) is 0 Å². The lowest BCUT2D eigenvalue weighted by atomic mass is 10.00. The summed E-state index contributed by atoms with van der Waals surface area (Å²) in [7, 11) is -0.900. The molecule has 0 spiro atoms. The van der Waals surface area contributed by atoms with Gasteiger partial charge in [-0.05, 0) is 24.8 Å². The first-order valence-electron chi connectivity index (χ1n) is 4.67. The third-order valence-corrected chi connectivity index (χ3v) is 7.23. The number of rotatable bonds is 1. The summed E-state index contributed by atoms with van der Waals surface area (Å²) in [4.78, 5) is 1.51. The third-order valence-electron chi connectivity index (χ3n) is 2.82. The fraction of sp³-hybridized carbons (Fsp3) is 1.00. The van der Waals surface area contributed by atoms with Crippen molar-refractivity contribution >= 4 is 39.9 Å². The largest absolute Gasteiger partial charge is 0.0890 e. The van der Waals surface area contributed by atoms with E-state index in [9.17, 15) is 0 Å². The van der Waals surface area contributed by atoms with Gasteiger partial charge in [-0.15, -0.1) is 0 Å². The van der Waals surface area contributed by atoms with E-state index in [1.54, 1.807) is 0 Å². The first kappa shape index (κ1) is 11.3. The van der Waals surface area contributed by atoms with Crippen molar-refractivity contribution in [3.8, 4) is 0 Å². The van der Waals surface area contributed by atoms with E-state index in [4.69, 9.17) is 0 Å². The Hall–Kier alpha value is 1.18. The predicted molar refractivity (Wildman–Crippen MR) is 66.4 cm³/mol. The highest BCUT2D eigenvalue weighted by Gasteiger charge is 2.34. The average Bonchev–Trinajstić information content (AvgIpc) is 1.82. The SMILES string of the molecule is C[Si](C)(C)C1CC(Br)CC(Br)C1. The average molecular weight is 314 g/mol. The first-order chi connectivity index (χ1) is 5.39. The van der Waals surface area contributed by atoms with Crippen LogP contribution in [0.15, 0.2) is 0 Å². The first-order valence-corrected chi connectivity index (χ1v) is 10.1. The number of alkyl halides is 2. The molecule has 0 aromatic carbocycles. The van der Waals surface area contributed by atoms with Crippen LogP contribution in [-0.4, -0.2) is 17.7 Å². The van der Waals surface area contributed by atoms with Crippen LogP contribution in [-0.2, 0) is 0 Å². The third kappa shape index (κ3) is 3.15. The lowest BCUT2D eigenvalue weighted by molar-refractivity contribution is 0.526. The molecule has 12 heavy (non-hydrogen) atoms. The van der Waals surface area contributed by atoms with E-state index in [1.807, 2.05) is 0 Å². The summed E-state index contributed by atoms with van der Waals surface area (Å²) in [6, 6.07) is 0. The Labute approximate surface area is 93.8 Å². The van der Waals surface area contributed by atoms with Crippen molar-refractivity contribution in [2.75, 3.05) is 0 Å². The van der Waals surface area contributed by atoms with Crippen LogP contribution < -0.4 is 0 Å². The van der Waals surface area contributed by atoms with Crippen molar-refractivity contribution in [2.24, 2.45) is 0 Å². The van der Waals surface area contributed by atoms with Gasteiger partial charge in [0.15, 0.2) is 0 Å². The van der Waals surface area contributed by atoms with Crippen molar-refractivity contribution in [3.05, 3.63) is 0 Å². The van der Waals surface area contributed by atoms with Gasteiger partial charge in [0.1, 0.15) is 0 Å². The highest BCUT2D eigenvalue weighted by molar-refractivity contribution is 9.10. The Balaban J connectivity index is 2.55. The molecule has 2 unspecified atom stereocenters. The summed E-state index contributed by atoms with van der Waals surface area (Å²) in [6.07, 6.45) is 4.11. The molecule has 1 aliphatic carbocycles. The topological polar surface area (TPSA) is 0 Å². The second kappa shape index (κ2) is 4.14. The summed E-state index contributed by atoms with van der Waals surface area (Å²) < 4.78 is 0. The maximum Gasteiger partial charge on any atom is 0.0474 e. The summed E-state index contributed by atoms with van der Waals surface area (Å²) in [5.41, 5.74) is 1.000. The maximum absolute atomic E-state index is 3.75. The van der Waals surface area contributed by atoms with Gasteiger partial charge in [0.25, 0.3) is 0 Å². The van der Waals surface area contributed by atoms with Crippen molar-refractivity contribution in [1.82, 2.24) is 0 Å². The molecule has 1 fully saturated rings. The zero-order valence-corrected chi connectivity index (χ0v) is 12.3. The van der Waals surface area contributed by atoms with Crippen LogP contribution in [0.25, 0.3) is 0 Å². The molecule has 0 bridgehead atoms. The van der Waals surface area contributed by atoms with Gasteiger partial charge in [0.05, 0.1) is 0 Å². The minimum absolute atomic E-state index is 0.757. The van der Waals surface area contributed by atoms with Gasteiger partial charge in [-0.25, -0.2) is 0 Å². The van der Waals surface area contributed by atoms with E-state index in [-0.39, 0.29) is 0 Å². The quantitative estimate of drug-likeness (QED) is 0.497. The Morgan fingerprint density at radius 1 is 0.917 bits per heavy atom. The molecule has 0 saturated heterocycles. The number of hydrogen-bond acceptors (Lipinski definition) is 0. The fourth-order valence-corrected chi connectivity index (χ4v) is 6.87. The molecule has 0 N–H and O–H groups in total. The smallest absolute Gasteiger partial charge is 0.0474 e. The molecule has 0 aromatic rings. The van der Waals surface area contributed by atoms with E-state index < -0.39 is 8.07 Å². The van der Waals surface area contributed by atoms with Gasteiger partial charge in [-0.2, -0.15) is 0 Å². The van der Waals surface area contributed by atoms with Crippen LogP contribution in [0.4, 0.5) is 0 Å². The molecule has 72 valence electrons. The molecule has 0 aromatic heterocycles. The molecule has 3 heteroatoms. The predicted octanol–water partition coefficient (Wildman–Crippen LogP) is 4.41. The molecule has 0 nitrogen and oxygen atoms in total. The summed E-state index contributed by atoms with van der Waals surface area (Å²) >= 11 is 7.51. The van der Waals surface area contributed by atoms with E-state index in [2.05, 4.69) is 51.5 Å². The molecule has 0 heterocycles. The molecule has 1 saturated carbocycles. The molecular weight excluding hydrogens is 296 g/mol. The van der Waals surface area contributed by atoms with Gasteiger partial charge >= 0.3 is 0 Å². The zero-order valence-electron chi connectivity index (χ0n) is 8.11. The van der Waals surface area contributed by atoms with Crippen LogP contribution in [0.2, 0.25) is 25.2 Å². The molecule has 0 aliphatic heterocycles. The van der Waals surface area contributed by atoms with Gasteiger partial charge in [-0.1, -0.05) is 51.5 Å². The Kier molecular flexibility index (Phi) is 3.88. The normalized spacial score (nSPS) is 38.2. The summed E-state index contributed by atoms with van der Waals surface area (Å²) in [5.74, 6) is 0. The highest BCUT2D eigenvalue weighted by atomic mass is 79.9. The minimum atomic E-state index is -0.900. The van der Waals surface area contributed by atoms with Crippen molar-refractivity contribution in [2.45, 2.75) is 54.1 Å². The Bertz CT molecular complexity index is 143. The lowest BCUT2D eigenvalue weighted by Crippen LogP contribution is -2.35. The lowest BCUT2D eigenvalue weighted by Gasteiger charge is -2.37. The number of hydrogen-bond donors (Lipinski definition) is 0. The number of halogens is 2. The summed E-state index contributed by atoms with van der Waals surface area (Å²) in [6.45, 7) is 7.47. The van der Waals surface area contributed by atoms with Gasteiger partial charge in [-0.3, -0.25) is 0 Å². The molecule has 1 aliphatic rings. The van der Waals surface area contributed by atoms with E-state index in [1.165, 1.54) is 19.3 Å². The molecule has 0 radical (unpaired) electrons. The minimum Gasteiger partial charge on any atom is -0.0890 e. The highest BCUT2D eigenvalue weighted by Crippen LogP contribution is 2.41. The zero-order chi connectivity index (χ0) is 9.35. The molecule has 0 amide bonds. The molecule has 1 rings (SSSR count). The monoisotopic (exact) mass is 312 g/mol. The van der Waals surface area contributed by atoms with Crippen LogP contribution in [0.1, 0.15) is 19.3 Å². The van der Waals surface area contributed by atoms with Crippen molar-refractivity contribution in [3.63, 3.8) is 0 Å². The van der Waals surface area contributed by atoms with Crippen LogP contribution in [0.5, 0.6) is 0 Å². The Morgan fingerprint density at radius 3 is 1.67 bits per heavy atom. The fourth-order valence-electron chi connectivity index (χ4n) is 1.89. The standard InChI is InChI=1S/C9H18Br2Si/c1-12(2,3)9-5-7(10)4-8(11)6-9/h7-9H,4-6H2,1-3H3. The molecular formula is C9H18Br2Si. The second-order valence-electron chi connectivity index (χ2n) is 4.96. The maximum atomic E-state index is 3.75. The van der Waals surface area contributed by atoms with Crippen molar-refractivity contribution in [1.29, 1.82) is 0 Å². The van der Waals surface area contributed by atoms with Gasteiger partial charge < -0.3 is 0 Å². The van der Waals surface area contributed by atoms with E-state index in [0.717, 1.165) is 15.2 Å². The Morgan fingerprint density at radius 2 is 1.33 bits per heavy atom. The van der Waals surface area contributed by atoms with Crippen LogP contribution >= 0.6 is 31.9 Å².